The minimum atomic E-state index is -0.299. The third kappa shape index (κ3) is 6.65. The molecule has 0 saturated heterocycles. The number of methoxy groups -OCH3 is 1. The van der Waals surface area contributed by atoms with Crippen molar-refractivity contribution in [2.75, 3.05) is 37.9 Å². The fourth-order valence-electron chi connectivity index (χ4n) is 2.41. The van der Waals surface area contributed by atoms with Crippen LogP contribution >= 0.6 is 36.4 Å². The highest BCUT2D eigenvalue weighted by atomic mass is 35.5. The Morgan fingerprint density at radius 3 is 2.59 bits per heavy atom. The van der Waals surface area contributed by atoms with Gasteiger partial charge in [0.2, 0.25) is 0 Å². The average Bonchev–Trinajstić information content (AvgIpc) is 2.60. The van der Waals surface area contributed by atoms with Crippen LogP contribution in [0.5, 0.6) is 5.75 Å². The number of benzene rings is 2. The van der Waals surface area contributed by atoms with Gasteiger partial charge in [0.25, 0.3) is 5.91 Å². The number of nitrogen functional groups attached to an aromatic ring is 1. The van der Waals surface area contributed by atoms with Crippen LogP contribution < -0.4 is 20.7 Å². The molecular weight excluding hydrogens is 416 g/mol. The molecule has 2 aromatic rings. The summed E-state index contributed by atoms with van der Waals surface area (Å²) in [5.74, 6) is -0.203. The average molecular weight is 439 g/mol. The van der Waals surface area contributed by atoms with Crippen molar-refractivity contribution in [2.45, 2.75) is 6.42 Å². The van der Waals surface area contributed by atoms with Crippen LogP contribution in [0.3, 0.4) is 0 Å². The zero-order valence-corrected chi connectivity index (χ0v) is 17.4. The number of nitrogens with two attached hydrogens (primary N) is 1. The molecule has 0 atom stereocenters. The van der Waals surface area contributed by atoms with Crippen LogP contribution in [0, 0.1) is 5.82 Å². The monoisotopic (exact) mass is 437 g/mol. The van der Waals surface area contributed by atoms with Gasteiger partial charge in [-0.15, -0.1) is 24.8 Å². The van der Waals surface area contributed by atoms with E-state index < -0.39 is 0 Å². The molecule has 9 heteroatoms. The third-order valence-corrected chi connectivity index (χ3v) is 4.11. The highest BCUT2D eigenvalue weighted by Gasteiger charge is 2.15. The summed E-state index contributed by atoms with van der Waals surface area (Å²) >= 11 is 5.97. The number of nitrogens with zero attached hydrogens (tertiary/aromatic N) is 1. The first kappa shape index (κ1) is 25.1. The molecule has 0 aliphatic carbocycles. The van der Waals surface area contributed by atoms with Gasteiger partial charge in [-0.25, -0.2) is 4.39 Å². The first-order valence-corrected chi connectivity index (χ1v) is 8.18. The van der Waals surface area contributed by atoms with Crippen molar-refractivity contribution in [3.63, 3.8) is 0 Å². The zero-order chi connectivity index (χ0) is 18.4. The minimum Gasteiger partial charge on any atom is -0.496 e. The summed E-state index contributed by atoms with van der Waals surface area (Å²) in [5, 5.41) is 3.10. The van der Waals surface area contributed by atoms with Gasteiger partial charge < -0.3 is 20.7 Å². The topological polar surface area (TPSA) is 67.6 Å². The highest BCUT2D eigenvalue weighted by molar-refractivity contribution is 6.33. The number of hydrogen-bond acceptors (Lipinski definition) is 4. The molecule has 1 amide bonds. The Kier molecular flexibility index (Phi) is 10.9. The molecule has 0 aromatic heterocycles. The van der Waals surface area contributed by atoms with Crippen LogP contribution in [-0.2, 0) is 0 Å². The van der Waals surface area contributed by atoms with Gasteiger partial charge in [0, 0.05) is 26.2 Å². The lowest BCUT2D eigenvalue weighted by molar-refractivity contribution is 0.0950. The molecule has 2 rings (SSSR count). The number of halogens is 4. The molecule has 0 fully saturated rings. The number of ether oxygens (including phenoxy) is 1. The van der Waals surface area contributed by atoms with Crippen LogP contribution in [0.2, 0.25) is 5.02 Å². The second kappa shape index (κ2) is 11.7. The van der Waals surface area contributed by atoms with Crippen molar-refractivity contribution in [2.24, 2.45) is 0 Å². The number of carbonyl (C=O) groups is 1. The smallest absolute Gasteiger partial charge is 0.255 e. The number of nitrogens with one attached hydrogen (secondary N) is 1. The van der Waals surface area contributed by atoms with Crippen LogP contribution in [-0.4, -0.2) is 33.2 Å². The van der Waals surface area contributed by atoms with E-state index in [-0.39, 0.29) is 36.5 Å². The normalized spacial score (nSPS) is 9.63. The van der Waals surface area contributed by atoms with E-state index in [1.165, 1.54) is 25.3 Å². The summed E-state index contributed by atoms with van der Waals surface area (Å²) in [6.45, 7) is 1.03. The SMILES string of the molecule is COc1cc(N)c(Cl)cc1C(=O)NCCCN(C)c1ccccc1F.Cl.Cl. The Balaban J connectivity index is 0.00000338. The van der Waals surface area contributed by atoms with E-state index in [1.54, 1.807) is 18.2 Å². The second-order valence-electron chi connectivity index (χ2n) is 5.56. The van der Waals surface area contributed by atoms with Crippen molar-refractivity contribution in [3.8, 4) is 5.75 Å². The molecule has 0 radical (unpaired) electrons. The van der Waals surface area contributed by atoms with Crippen molar-refractivity contribution >= 4 is 53.7 Å². The number of amides is 1. The van der Waals surface area contributed by atoms with Crippen LogP contribution in [0.25, 0.3) is 0 Å². The molecule has 0 aliphatic rings. The van der Waals surface area contributed by atoms with Gasteiger partial charge >= 0.3 is 0 Å². The summed E-state index contributed by atoms with van der Waals surface area (Å²) in [5.41, 5.74) is 6.91. The van der Waals surface area contributed by atoms with Crippen LogP contribution in [0.1, 0.15) is 16.8 Å². The van der Waals surface area contributed by atoms with Gasteiger partial charge in [-0.3, -0.25) is 4.79 Å². The standard InChI is InChI=1S/C18H21ClFN3O2.2ClH/c1-23(16-7-4-3-6-14(16)20)9-5-8-22-18(24)12-10-13(19)15(21)11-17(12)25-2;;/h3-4,6-7,10-11H,5,8-9,21H2,1-2H3,(H,22,24);2*1H. The van der Waals surface area contributed by atoms with Crippen molar-refractivity contribution in [1.29, 1.82) is 0 Å². The fraction of sp³-hybridized carbons (Fsp3) is 0.278. The molecule has 0 unspecified atom stereocenters. The number of rotatable bonds is 7. The number of carbonyl (C=O) groups excluding carboxylic acids is 1. The number of para-hydroxylation sites is 1. The minimum absolute atomic E-state index is 0. The fourth-order valence-corrected chi connectivity index (χ4v) is 2.57. The Hall–Kier alpha value is -1.89. The lowest BCUT2D eigenvalue weighted by atomic mass is 10.1. The molecule has 2 aromatic carbocycles. The molecule has 150 valence electrons. The Bertz CT molecular complexity index is 763. The van der Waals surface area contributed by atoms with Gasteiger partial charge in [0.1, 0.15) is 11.6 Å². The second-order valence-corrected chi connectivity index (χ2v) is 5.96. The molecule has 5 nitrogen and oxygen atoms in total. The number of hydrogen-bond donors (Lipinski definition) is 2. The Morgan fingerprint density at radius 2 is 1.96 bits per heavy atom. The molecule has 0 bridgehead atoms. The van der Waals surface area contributed by atoms with E-state index in [9.17, 15) is 9.18 Å². The summed E-state index contributed by atoms with van der Waals surface area (Å²) in [4.78, 5) is 14.1. The Morgan fingerprint density at radius 1 is 1.30 bits per heavy atom. The van der Waals surface area contributed by atoms with E-state index in [0.29, 0.717) is 47.2 Å². The predicted molar refractivity (Wildman–Crippen MR) is 114 cm³/mol. The lowest BCUT2D eigenvalue weighted by Crippen LogP contribution is -2.28. The number of anilines is 2. The quantitative estimate of drug-likeness (QED) is 0.503. The zero-order valence-electron chi connectivity index (χ0n) is 15.0. The summed E-state index contributed by atoms with van der Waals surface area (Å²) in [6, 6.07) is 9.57. The predicted octanol–water partition coefficient (Wildman–Crippen LogP) is 4.17. The lowest BCUT2D eigenvalue weighted by Gasteiger charge is -2.20. The molecule has 0 heterocycles. The van der Waals surface area contributed by atoms with Gasteiger partial charge in [0.15, 0.2) is 0 Å². The van der Waals surface area contributed by atoms with Gasteiger partial charge in [-0.05, 0) is 24.6 Å². The summed E-state index contributed by atoms with van der Waals surface area (Å²) in [7, 11) is 3.27. The van der Waals surface area contributed by atoms with E-state index >= 15 is 0 Å². The maximum Gasteiger partial charge on any atom is 0.255 e. The third-order valence-electron chi connectivity index (χ3n) is 3.78. The first-order valence-electron chi connectivity index (χ1n) is 7.81. The van der Waals surface area contributed by atoms with E-state index in [2.05, 4.69) is 5.32 Å². The molecule has 0 aliphatic heterocycles. The Labute approximate surface area is 175 Å². The van der Waals surface area contributed by atoms with Crippen molar-refractivity contribution in [1.82, 2.24) is 5.32 Å². The molecular formula is C18H23Cl3FN3O2. The highest BCUT2D eigenvalue weighted by Crippen LogP contribution is 2.28. The molecule has 3 N–H and O–H groups in total. The van der Waals surface area contributed by atoms with E-state index in [4.69, 9.17) is 22.1 Å². The van der Waals surface area contributed by atoms with Crippen molar-refractivity contribution in [3.05, 3.63) is 52.8 Å². The van der Waals surface area contributed by atoms with Gasteiger partial charge in [0.05, 0.1) is 29.1 Å². The molecule has 0 spiro atoms. The van der Waals surface area contributed by atoms with Crippen molar-refractivity contribution < 1.29 is 13.9 Å². The van der Waals surface area contributed by atoms with Gasteiger partial charge in [-0.2, -0.15) is 0 Å². The summed E-state index contributed by atoms with van der Waals surface area (Å²) in [6.07, 6.45) is 0.654. The first-order chi connectivity index (χ1) is 11.9. The largest absolute Gasteiger partial charge is 0.496 e. The van der Waals surface area contributed by atoms with E-state index in [0.717, 1.165) is 0 Å². The maximum atomic E-state index is 13.7. The summed E-state index contributed by atoms with van der Waals surface area (Å²) < 4.78 is 18.9. The van der Waals surface area contributed by atoms with E-state index in [1.807, 2.05) is 11.9 Å². The molecule has 27 heavy (non-hydrogen) atoms. The maximum absolute atomic E-state index is 13.7. The molecule has 0 saturated carbocycles. The van der Waals surface area contributed by atoms with Crippen LogP contribution in [0.15, 0.2) is 36.4 Å². The van der Waals surface area contributed by atoms with Gasteiger partial charge in [-0.1, -0.05) is 23.7 Å². The van der Waals surface area contributed by atoms with Crippen LogP contribution in [0.4, 0.5) is 15.8 Å².